The molecule has 1 aliphatic rings. The van der Waals surface area contributed by atoms with Gasteiger partial charge in [-0.3, -0.25) is 4.79 Å². The third-order valence-electron chi connectivity index (χ3n) is 4.96. The average Bonchev–Trinajstić information content (AvgIpc) is 3.04. The Bertz CT molecular complexity index is 942. The lowest BCUT2D eigenvalue weighted by atomic mass is 10.2. The highest BCUT2D eigenvalue weighted by Gasteiger charge is 2.25. The van der Waals surface area contributed by atoms with Gasteiger partial charge in [0.1, 0.15) is 10.7 Å². The molecular weight excluding hydrogens is 425 g/mol. The summed E-state index contributed by atoms with van der Waals surface area (Å²) in [4.78, 5) is 16.7. The van der Waals surface area contributed by atoms with Crippen LogP contribution in [0, 0.1) is 5.82 Å². The van der Waals surface area contributed by atoms with Gasteiger partial charge >= 0.3 is 0 Å². The summed E-state index contributed by atoms with van der Waals surface area (Å²) in [6.07, 6.45) is 5.24. The summed E-state index contributed by atoms with van der Waals surface area (Å²) in [5.41, 5.74) is 0.808. The van der Waals surface area contributed by atoms with Gasteiger partial charge in [-0.2, -0.15) is 4.31 Å². The molecule has 9 heteroatoms. The fourth-order valence-electron chi connectivity index (χ4n) is 3.19. The predicted octanol–water partition coefficient (Wildman–Crippen LogP) is 3.58. The average molecular weight is 452 g/mol. The molecule has 3 rings (SSSR count). The highest BCUT2D eigenvalue weighted by molar-refractivity contribution is 8.00. The van der Waals surface area contributed by atoms with Gasteiger partial charge in [0.05, 0.1) is 10.3 Å². The normalized spacial score (nSPS) is 16.6. The van der Waals surface area contributed by atoms with Crippen LogP contribution in [0.1, 0.15) is 38.2 Å². The number of nitrogens with one attached hydrogen (secondary N) is 1. The van der Waals surface area contributed by atoms with Crippen molar-refractivity contribution < 1.29 is 17.6 Å². The third kappa shape index (κ3) is 6.02. The Labute approximate surface area is 181 Å². The van der Waals surface area contributed by atoms with Gasteiger partial charge < -0.3 is 5.32 Å². The zero-order chi connectivity index (χ0) is 21.6. The number of amides is 1. The standard InChI is InChI=1S/C21H26FN3O3S2/c1-16(21(26)24-14-17-6-8-18(22)9-7-17)29-20-11-10-19(15-23-20)30(27,28)25-12-4-2-3-5-13-25/h6-11,15-16H,2-5,12-14H2,1H3,(H,24,26). The second-order valence-electron chi connectivity index (χ2n) is 7.25. The Morgan fingerprint density at radius 1 is 1.13 bits per heavy atom. The number of hydrogen-bond acceptors (Lipinski definition) is 5. The molecule has 1 aromatic heterocycles. The molecule has 1 N–H and O–H groups in total. The summed E-state index contributed by atoms with van der Waals surface area (Å²) in [5, 5.41) is 2.98. The van der Waals surface area contributed by atoms with E-state index in [0.29, 0.717) is 24.7 Å². The van der Waals surface area contributed by atoms with Crippen molar-refractivity contribution in [3.63, 3.8) is 0 Å². The summed E-state index contributed by atoms with van der Waals surface area (Å²) in [6, 6.07) is 9.14. The first kappa shape index (κ1) is 22.7. The molecule has 0 aliphatic carbocycles. The largest absolute Gasteiger partial charge is 0.351 e. The first-order chi connectivity index (χ1) is 14.4. The number of benzene rings is 1. The maximum Gasteiger partial charge on any atom is 0.244 e. The number of nitrogens with zero attached hydrogens (tertiary/aromatic N) is 2. The Hall–Kier alpha value is -1.97. The minimum absolute atomic E-state index is 0.174. The van der Waals surface area contributed by atoms with E-state index in [4.69, 9.17) is 0 Å². The van der Waals surface area contributed by atoms with Crippen LogP contribution in [0.4, 0.5) is 4.39 Å². The van der Waals surface area contributed by atoms with Crippen molar-refractivity contribution in [2.75, 3.05) is 13.1 Å². The molecule has 1 aromatic carbocycles. The fraction of sp³-hybridized carbons (Fsp3) is 0.429. The van der Waals surface area contributed by atoms with Gasteiger partial charge in [0.2, 0.25) is 15.9 Å². The molecule has 0 saturated carbocycles. The van der Waals surface area contributed by atoms with Gasteiger partial charge in [0.15, 0.2) is 0 Å². The molecule has 1 unspecified atom stereocenters. The number of hydrogen-bond donors (Lipinski definition) is 1. The second-order valence-corrected chi connectivity index (χ2v) is 10.6. The van der Waals surface area contributed by atoms with Crippen molar-refractivity contribution in [2.45, 2.75) is 54.3 Å². The number of pyridine rings is 1. The molecular formula is C21H26FN3O3S2. The molecule has 30 heavy (non-hydrogen) atoms. The van der Waals surface area contributed by atoms with Crippen molar-refractivity contribution in [3.8, 4) is 0 Å². The lowest BCUT2D eigenvalue weighted by Crippen LogP contribution is -2.32. The van der Waals surface area contributed by atoms with Crippen molar-refractivity contribution in [3.05, 3.63) is 54.0 Å². The Morgan fingerprint density at radius 3 is 2.40 bits per heavy atom. The number of carbonyl (C=O) groups excluding carboxylic acids is 1. The Kier molecular flexibility index (Phi) is 7.85. The lowest BCUT2D eigenvalue weighted by Gasteiger charge is -2.19. The maximum absolute atomic E-state index is 12.9. The molecule has 0 radical (unpaired) electrons. The minimum atomic E-state index is -3.53. The molecule has 6 nitrogen and oxygen atoms in total. The van der Waals surface area contributed by atoms with Crippen LogP contribution in [0.15, 0.2) is 52.5 Å². The molecule has 1 aliphatic heterocycles. The number of aromatic nitrogens is 1. The number of carbonyl (C=O) groups is 1. The van der Waals surface area contributed by atoms with Crippen molar-refractivity contribution in [1.29, 1.82) is 0 Å². The molecule has 162 valence electrons. The van der Waals surface area contributed by atoms with Gasteiger partial charge in [0.25, 0.3) is 0 Å². The van der Waals surface area contributed by atoms with E-state index in [9.17, 15) is 17.6 Å². The van der Waals surface area contributed by atoms with E-state index in [1.165, 1.54) is 34.4 Å². The van der Waals surface area contributed by atoms with Crippen LogP contribution in [-0.2, 0) is 21.4 Å². The Balaban J connectivity index is 1.56. The molecule has 2 aromatic rings. The van der Waals surface area contributed by atoms with Crippen LogP contribution in [0.25, 0.3) is 0 Å². The van der Waals surface area contributed by atoms with E-state index in [1.54, 1.807) is 31.2 Å². The molecule has 2 heterocycles. The van der Waals surface area contributed by atoms with Gasteiger partial charge in [-0.1, -0.05) is 36.7 Å². The van der Waals surface area contributed by atoms with E-state index < -0.39 is 15.3 Å². The lowest BCUT2D eigenvalue weighted by molar-refractivity contribution is -0.120. The van der Waals surface area contributed by atoms with Crippen LogP contribution in [0.5, 0.6) is 0 Å². The van der Waals surface area contributed by atoms with E-state index in [1.807, 2.05) is 0 Å². The van der Waals surface area contributed by atoms with E-state index >= 15 is 0 Å². The monoisotopic (exact) mass is 451 g/mol. The topological polar surface area (TPSA) is 79.4 Å². The summed E-state index contributed by atoms with van der Waals surface area (Å²) >= 11 is 1.26. The molecule has 0 bridgehead atoms. The number of thioether (sulfide) groups is 1. The van der Waals surface area contributed by atoms with Gasteiger partial charge in [-0.05, 0) is 49.6 Å². The highest BCUT2D eigenvalue weighted by atomic mass is 32.2. The number of sulfonamides is 1. The molecule has 1 amide bonds. The predicted molar refractivity (Wildman–Crippen MR) is 115 cm³/mol. The van der Waals surface area contributed by atoms with Gasteiger partial charge in [-0.15, -0.1) is 0 Å². The van der Waals surface area contributed by atoms with Crippen molar-refractivity contribution >= 4 is 27.7 Å². The van der Waals surface area contributed by atoms with E-state index in [-0.39, 0.29) is 16.6 Å². The first-order valence-electron chi connectivity index (χ1n) is 10.0. The maximum atomic E-state index is 12.9. The highest BCUT2D eigenvalue weighted by Crippen LogP contribution is 2.24. The summed E-state index contributed by atoms with van der Waals surface area (Å²) in [6.45, 7) is 3.16. The molecule has 1 fully saturated rings. The Morgan fingerprint density at radius 2 is 1.80 bits per heavy atom. The van der Waals surface area contributed by atoms with Crippen LogP contribution >= 0.6 is 11.8 Å². The van der Waals surface area contributed by atoms with Crippen LogP contribution < -0.4 is 5.32 Å². The summed E-state index contributed by atoms with van der Waals surface area (Å²) in [5.74, 6) is -0.492. The SMILES string of the molecule is CC(Sc1ccc(S(=O)(=O)N2CCCCCC2)cn1)C(=O)NCc1ccc(F)cc1. The van der Waals surface area contributed by atoms with Gasteiger partial charge in [-0.25, -0.2) is 17.8 Å². The third-order valence-corrected chi connectivity index (χ3v) is 7.89. The smallest absolute Gasteiger partial charge is 0.244 e. The number of halogens is 1. The zero-order valence-corrected chi connectivity index (χ0v) is 18.5. The van der Waals surface area contributed by atoms with E-state index in [0.717, 1.165) is 31.2 Å². The molecule has 0 spiro atoms. The van der Waals surface area contributed by atoms with Crippen LogP contribution in [-0.4, -0.2) is 42.0 Å². The molecule has 1 saturated heterocycles. The van der Waals surface area contributed by atoms with E-state index in [2.05, 4.69) is 10.3 Å². The fourth-order valence-corrected chi connectivity index (χ4v) is 5.47. The minimum Gasteiger partial charge on any atom is -0.351 e. The summed E-state index contributed by atoms with van der Waals surface area (Å²) in [7, 11) is -3.53. The summed E-state index contributed by atoms with van der Waals surface area (Å²) < 4.78 is 40.1. The van der Waals surface area contributed by atoms with Crippen molar-refractivity contribution in [2.24, 2.45) is 0 Å². The zero-order valence-electron chi connectivity index (χ0n) is 16.9. The van der Waals surface area contributed by atoms with Crippen LogP contribution in [0.3, 0.4) is 0 Å². The van der Waals surface area contributed by atoms with Crippen LogP contribution in [0.2, 0.25) is 0 Å². The quantitative estimate of drug-likeness (QED) is 0.651. The van der Waals surface area contributed by atoms with Gasteiger partial charge in [0, 0.05) is 25.8 Å². The second kappa shape index (κ2) is 10.4. The number of rotatable bonds is 7. The first-order valence-corrected chi connectivity index (χ1v) is 12.3. The molecule has 1 atom stereocenters. The van der Waals surface area contributed by atoms with Crippen molar-refractivity contribution in [1.82, 2.24) is 14.6 Å².